The lowest BCUT2D eigenvalue weighted by atomic mass is 10.2. The van der Waals surface area contributed by atoms with Crippen LogP contribution in [0.4, 0.5) is 5.69 Å². The van der Waals surface area contributed by atoms with E-state index >= 15 is 0 Å². The zero-order chi connectivity index (χ0) is 25.0. The van der Waals surface area contributed by atoms with Crippen LogP contribution in [0.25, 0.3) is 0 Å². The number of sulfone groups is 1. The first-order chi connectivity index (χ1) is 16.1. The van der Waals surface area contributed by atoms with Crippen molar-refractivity contribution >= 4 is 21.4 Å². The van der Waals surface area contributed by atoms with Crippen molar-refractivity contribution in [2.45, 2.75) is 30.2 Å². The lowest BCUT2D eigenvalue weighted by Crippen LogP contribution is -2.33. The summed E-state index contributed by atoms with van der Waals surface area (Å²) in [6.45, 7) is 2.82. The maximum absolute atomic E-state index is 13.3. The van der Waals surface area contributed by atoms with Crippen LogP contribution in [0.3, 0.4) is 0 Å². The molecule has 2 aromatic carbocycles. The first-order valence-electron chi connectivity index (χ1n) is 10.2. The molecule has 0 aliphatic rings. The number of carbonyl (C=O) groups excluding carboxylic acids is 1. The molecule has 0 saturated carbocycles. The Labute approximate surface area is 197 Å². The topological polar surface area (TPSA) is 113 Å². The number of benzene rings is 2. The minimum atomic E-state index is -4.13. The molecule has 34 heavy (non-hydrogen) atoms. The third kappa shape index (κ3) is 4.91. The Balaban J connectivity index is 1.95. The van der Waals surface area contributed by atoms with E-state index in [1.807, 2.05) is 0 Å². The highest BCUT2D eigenvalue weighted by Crippen LogP contribution is 2.30. The molecule has 0 aliphatic heterocycles. The minimum Gasteiger partial charge on any atom is -0.497 e. The van der Waals surface area contributed by atoms with E-state index < -0.39 is 21.3 Å². The summed E-state index contributed by atoms with van der Waals surface area (Å²) in [5, 5.41) is 2.69. The molecule has 1 N–H and O–H groups in total. The maximum atomic E-state index is 13.3. The van der Waals surface area contributed by atoms with Crippen molar-refractivity contribution in [2.24, 2.45) is 0 Å². The van der Waals surface area contributed by atoms with E-state index in [1.165, 1.54) is 45.6 Å². The number of aromatic nitrogens is 1. The van der Waals surface area contributed by atoms with E-state index in [2.05, 4.69) is 5.32 Å². The molecule has 0 aliphatic carbocycles. The summed E-state index contributed by atoms with van der Waals surface area (Å²) in [7, 11) is 0.321. The lowest BCUT2D eigenvalue weighted by molar-refractivity contribution is -0.116. The molecule has 0 atom stereocenters. The summed E-state index contributed by atoms with van der Waals surface area (Å²) >= 11 is 0. The predicted molar refractivity (Wildman–Crippen MR) is 127 cm³/mol. The van der Waals surface area contributed by atoms with E-state index in [4.69, 9.17) is 14.2 Å². The second-order valence-electron chi connectivity index (χ2n) is 7.49. The Morgan fingerprint density at radius 2 is 1.56 bits per heavy atom. The van der Waals surface area contributed by atoms with Gasteiger partial charge >= 0.3 is 0 Å². The monoisotopic (exact) mass is 486 g/mol. The van der Waals surface area contributed by atoms with Gasteiger partial charge in [0, 0.05) is 17.4 Å². The largest absolute Gasteiger partial charge is 0.497 e. The summed E-state index contributed by atoms with van der Waals surface area (Å²) in [6.07, 6.45) is 0. The van der Waals surface area contributed by atoms with Gasteiger partial charge in [0.1, 0.15) is 17.2 Å². The summed E-state index contributed by atoms with van der Waals surface area (Å²) in [6, 6.07) is 12.2. The van der Waals surface area contributed by atoms with Gasteiger partial charge in [-0.15, -0.1) is 0 Å². The molecule has 0 spiro atoms. The number of carbonyl (C=O) groups is 1. The molecule has 180 valence electrons. The van der Waals surface area contributed by atoms with Crippen LogP contribution in [-0.4, -0.2) is 40.2 Å². The van der Waals surface area contributed by atoms with Crippen LogP contribution in [0, 0.1) is 13.8 Å². The van der Waals surface area contributed by atoms with Crippen LogP contribution in [0.1, 0.15) is 11.3 Å². The normalized spacial score (nSPS) is 11.1. The van der Waals surface area contributed by atoms with E-state index in [-0.39, 0.29) is 16.3 Å². The SMILES string of the molecule is COc1ccc(S(=O)(=O)c2c(C)cc(C)n(CC(=O)Nc3ccc(OC)c(OC)c3)c2=O)cc1. The Kier molecular flexibility index (Phi) is 7.31. The highest BCUT2D eigenvalue weighted by Gasteiger charge is 2.26. The number of rotatable bonds is 8. The van der Waals surface area contributed by atoms with Crippen LogP contribution in [0.5, 0.6) is 17.2 Å². The first-order valence-corrected chi connectivity index (χ1v) is 11.7. The third-order valence-corrected chi connectivity index (χ3v) is 7.18. The first kappa shape index (κ1) is 24.8. The molecule has 10 heteroatoms. The maximum Gasteiger partial charge on any atom is 0.270 e. The Morgan fingerprint density at radius 3 is 2.15 bits per heavy atom. The predicted octanol–water partition coefficient (Wildman–Crippen LogP) is 2.96. The number of methoxy groups -OCH3 is 3. The van der Waals surface area contributed by atoms with Gasteiger partial charge in [-0.25, -0.2) is 8.42 Å². The van der Waals surface area contributed by atoms with Crippen molar-refractivity contribution in [2.75, 3.05) is 26.6 Å². The van der Waals surface area contributed by atoms with Crippen LogP contribution >= 0.6 is 0 Å². The molecule has 0 unspecified atom stereocenters. The van der Waals surface area contributed by atoms with Crippen LogP contribution in [0.2, 0.25) is 0 Å². The fraction of sp³-hybridized carbons (Fsp3) is 0.250. The summed E-state index contributed by atoms with van der Waals surface area (Å²) in [5.41, 5.74) is 0.427. The Bertz CT molecular complexity index is 1380. The summed E-state index contributed by atoms with van der Waals surface area (Å²) < 4.78 is 43.2. The molecule has 1 amide bonds. The lowest BCUT2D eigenvalue weighted by Gasteiger charge is -2.15. The number of ether oxygens (including phenoxy) is 3. The zero-order valence-electron chi connectivity index (χ0n) is 19.5. The van der Waals surface area contributed by atoms with Crippen LogP contribution in [0.15, 0.2) is 63.1 Å². The van der Waals surface area contributed by atoms with Crippen molar-refractivity contribution in [3.63, 3.8) is 0 Å². The molecule has 3 aromatic rings. The fourth-order valence-corrected chi connectivity index (χ4v) is 5.12. The van der Waals surface area contributed by atoms with E-state index in [0.717, 1.165) is 4.57 Å². The average molecular weight is 487 g/mol. The summed E-state index contributed by atoms with van der Waals surface area (Å²) in [5.74, 6) is 0.911. The van der Waals surface area contributed by atoms with Crippen molar-refractivity contribution in [1.29, 1.82) is 0 Å². The standard InChI is InChI=1S/C24H26N2O7S/c1-15-12-16(2)26(14-22(27)25-17-6-11-20(32-4)21(13-17)33-5)24(28)23(15)34(29,30)19-9-7-18(31-3)8-10-19/h6-13H,14H2,1-5H3,(H,25,27). The highest BCUT2D eigenvalue weighted by molar-refractivity contribution is 7.91. The fourth-order valence-electron chi connectivity index (χ4n) is 3.56. The zero-order valence-corrected chi connectivity index (χ0v) is 20.4. The molecular formula is C24H26N2O7S. The van der Waals surface area contributed by atoms with Gasteiger partial charge in [-0.2, -0.15) is 0 Å². The van der Waals surface area contributed by atoms with Gasteiger partial charge in [0.15, 0.2) is 11.5 Å². The molecule has 9 nitrogen and oxygen atoms in total. The van der Waals surface area contributed by atoms with Gasteiger partial charge in [-0.1, -0.05) is 0 Å². The number of hydrogen-bond donors (Lipinski definition) is 1. The quantitative estimate of drug-likeness (QED) is 0.521. The van der Waals surface area contributed by atoms with Gasteiger partial charge in [-0.3, -0.25) is 9.59 Å². The van der Waals surface area contributed by atoms with E-state index in [9.17, 15) is 18.0 Å². The number of hydrogen-bond acceptors (Lipinski definition) is 7. The molecule has 0 bridgehead atoms. The molecule has 0 saturated heterocycles. The highest BCUT2D eigenvalue weighted by atomic mass is 32.2. The van der Waals surface area contributed by atoms with Crippen molar-refractivity contribution < 1.29 is 27.4 Å². The van der Waals surface area contributed by atoms with Crippen molar-refractivity contribution in [3.05, 3.63) is 70.1 Å². The van der Waals surface area contributed by atoms with Gasteiger partial charge in [0.25, 0.3) is 5.56 Å². The Morgan fingerprint density at radius 1 is 0.912 bits per heavy atom. The van der Waals surface area contributed by atoms with Gasteiger partial charge in [0.05, 0.1) is 26.2 Å². The second kappa shape index (κ2) is 10.0. The van der Waals surface area contributed by atoms with Crippen LogP contribution < -0.4 is 25.1 Å². The Hall–Kier alpha value is -3.79. The van der Waals surface area contributed by atoms with E-state index in [1.54, 1.807) is 38.1 Å². The molecule has 0 radical (unpaired) electrons. The minimum absolute atomic E-state index is 0.0429. The van der Waals surface area contributed by atoms with Crippen molar-refractivity contribution in [1.82, 2.24) is 4.57 Å². The van der Waals surface area contributed by atoms with Crippen LogP contribution in [-0.2, 0) is 21.2 Å². The number of nitrogens with zero attached hydrogens (tertiary/aromatic N) is 1. The number of aryl methyl sites for hydroxylation is 2. The molecule has 3 rings (SSSR count). The number of nitrogens with one attached hydrogen (secondary N) is 1. The van der Waals surface area contributed by atoms with Gasteiger partial charge < -0.3 is 24.1 Å². The second-order valence-corrected chi connectivity index (χ2v) is 9.37. The van der Waals surface area contributed by atoms with Crippen molar-refractivity contribution in [3.8, 4) is 17.2 Å². The molecule has 0 fully saturated rings. The number of amides is 1. The van der Waals surface area contributed by atoms with Gasteiger partial charge in [-0.05, 0) is 61.9 Å². The number of anilines is 1. The average Bonchev–Trinajstić information content (AvgIpc) is 2.81. The summed E-state index contributed by atoms with van der Waals surface area (Å²) in [4.78, 5) is 25.6. The smallest absolute Gasteiger partial charge is 0.270 e. The van der Waals surface area contributed by atoms with E-state index in [0.29, 0.717) is 34.2 Å². The molecular weight excluding hydrogens is 460 g/mol. The molecule has 1 heterocycles. The third-order valence-electron chi connectivity index (χ3n) is 5.26. The number of pyridine rings is 1. The van der Waals surface area contributed by atoms with Gasteiger partial charge in [0.2, 0.25) is 15.7 Å². The molecule has 1 aromatic heterocycles.